The predicted octanol–water partition coefficient (Wildman–Crippen LogP) is 11.4. The summed E-state index contributed by atoms with van der Waals surface area (Å²) >= 11 is 0. The summed E-state index contributed by atoms with van der Waals surface area (Å²) in [5.41, 5.74) is 6.87. The first kappa shape index (κ1) is 34.2. The maximum absolute atomic E-state index is 12.3. The van der Waals surface area contributed by atoms with Gasteiger partial charge in [0.25, 0.3) is 0 Å². The third-order valence-electron chi connectivity index (χ3n) is 8.33. The van der Waals surface area contributed by atoms with Gasteiger partial charge in [0.15, 0.2) is 0 Å². The minimum absolute atomic E-state index is 0.134. The Balaban J connectivity index is 0.000000224. The molecule has 0 unspecified atom stereocenters. The minimum atomic E-state index is -3.37. The molecule has 0 aromatic heterocycles. The molecule has 5 heteroatoms. The molecule has 6 aromatic rings. The van der Waals surface area contributed by atoms with Crippen LogP contribution in [-0.2, 0) is 15.3 Å². The molecule has 0 aliphatic heterocycles. The SMILES string of the molecule is Cc1ccc(Oc2ccc(C(C)(C)c3ccc(Oc4ccc(C)cc4)cc3)cc2)cc1.Cc1ccc(S(=O)(=O)c2ccc(C)cc2)cc1. The fourth-order valence-corrected chi connectivity index (χ4v) is 6.36. The number of aryl methyl sites for hydroxylation is 4. The van der Waals surface area contributed by atoms with Gasteiger partial charge in [-0.2, -0.15) is 0 Å². The quantitative estimate of drug-likeness (QED) is 0.164. The Kier molecular flexibility index (Phi) is 10.5. The maximum Gasteiger partial charge on any atom is 0.206 e. The van der Waals surface area contributed by atoms with E-state index in [1.807, 2.05) is 62.4 Å². The molecule has 0 bridgehead atoms. The molecule has 48 heavy (non-hydrogen) atoms. The zero-order chi connectivity index (χ0) is 34.3. The normalized spacial score (nSPS) is 11.3. The van der Waals surface area contributed by atoms with Crippen LogP contribution in [0.2, 0.25) is 0 Å². The highest BCUT2D eigenvalue weighted by Gasteiger charge is 2.23. The zero-order valence-corrected chi connectivity index (χ0v) is 29.2. The third-order valence-corrected chi connectivity index (χ3v) is 10.1. The topological polar surface area (TPSA) is 52.6 Å². The first-order valence-corrected chi connectivity index (χ1v) is 17.5. The van der Waals surface area contributed by atoms with Crippen LogP contribution in [-0.4, -0.2) is 8.42 Å². The van der Waals surface area contributed by atoms with Gasteiger partial charge in [-0.05, 0) is 112 Å². The Labute approximate surface area is 285 Å². The molecule has 6 aromatic carbocycles. The lowest BCUT2D eigenvalue weighted by molar-refractivity contribution is 0.481. The van der Waals surface area contributed by atoms with Gasteiger partial charge in [-0.1, -0.05) is 109 Å². The van der Waals surface area contributed by atoms with Gasteiger partial charge < -0.3 is 9.47 Å². The summed E-state index contributed by atoms with van der Waals surface area (Å²) in [7, 11) is -3.37. The van der Waals surface area contributed by atoms with E-state index in [4.69, 9.17) is 9.47 Å². The summed E-state index contributed by atoms with van der Waals surface area (Å²) in [6.07, 6.45) is 0. The van der Waals surface area contributed by atoms with E-state index in [1.165, 1.54) is 22.3 Å². The van der Waals surface area contributed by atoms with Crippen molar-refractivity contribution >= 4 is 9.84 Å². The number of sulfone groups is 1. The van der Waals surface area contributed by atoms with E-state index in [9.17, 15) is 8.42 Å². The van der Waals surface area contributed by atoms with Crippen molar-refractivity contribution in [1.82, 2.24) is 0 Å². The van der Waals surface area contributed by atoms with Crippen molar-refractivity contribution < 1.29 is 17.9 Å². The Hall–Kier alpha value is -5.13. The summed E-state index contributed by atoms with van der Waals surface area (Å²) in [6, 6.07) is 46.7. The van der Waals surface area contributed by atoms with Gasteiger partial charge in [-0.25, -0.2) is 8.42 Å². The van der Waals surface area contributed by atoms with Crippen LogP contribution in [0.25, 0.3) is 0 Å². The lowest BCUT2D eigenvalue weighted by Gasteiger charge is -2.26. The maximum atomic E-state index is 12.3. The lowest BCUT2D eigenvalue weighted by Crippen LogP contribution is -2.18. The highest BCUT2D eigenvalue weighted by Crippen LogP contribution is 2.35. The number of rotatable bonds is 8. The first-order chi connectivity index (χ1) is 22.9. The molecular formula is C43H42O4S. The van der Waals surface area contributed by atoms with Crippen molar-refractivity contribution in [3.05, 3.63) is 179 Å². The summed E-state index contributed by atoms with van der Waals surface area (Å²) in [4.78, 5) is 0.680. The van der Waals surface area contributed by atoms with Crippen molar-refractivity contribution in [3.63, 3.8) is 0 Å². The van der Waals surface area contributed by atoms with Crippen LogP contribution in [0.15, 0.2) is 155 Å². The zero-order valence-electron chi connectivity index (χ0n) is 28.4. The van der Waals surface area contributed by atoms with E-state index in [1.54, 1.807) is 48.5 Å². The molecular weight excluding hydrogens is 613 g/mol. The Morgan fingerprint density at radius 3 is 0.875 bits per heavy atom. The number of hydrogen-bond donors (Lipinski definition) is 0. The molecule has 0 aliphatic rings. The second kappa shape index (κ2) is 14.7. The van der Waals surface area contributed by atoms with Crippen molar-refractivity contribution in [2.75, 3.05) is 0 Å². The van der Waals surface area contributed by atoms with Crippen molar-refractivity contribution in [2.45, 2.75) is 56.7 Å². The molecule has 0 N–H and O–H groups in total. The summed E-state index contributed by atoms with van der Waals surface area (Å²) in [5, 5.41) is 0. The standard InChI is InChI=1S/C29H28O2.C14H14O2S/c1-21-5-13-25(14-6-21)30-27-17-9-23(10-18-27)29(3,4)24-11-19-28(20-12-24)31-26-15-7-22(2)8-16-26;1-11-3-7-13(8-4-11)17(15,16)14-9-5-12(2)6-10-14/h5-20H,1-4H3;3-10H,1-2H3. The van der Waals surface area contributed by atoms with Gasteiger partial charge in [0.05, 0.1) is 9.79 Å². The minimum Gasteiger partial charge on any atom is -0.457 e. The average molecular weight is 655 g/mol. The van der Waals surface area contributed by atoms with Gasteiger partial charge in [0.1, 0.15) is 23.0 Å². The van der Waals surface area contributed by atoms with Crippen LogP contribution in [0.3, 0.4) is 0 Å². The second-order valence-corrected chi connectivity index (χ2v) is 14.6. The monoisotopic (exact) mass is 654 g/mol. The van der Waals surface area contributed by atoms with E-state index in [0.717, 1.165) is 34.1 Å². The highest BCUT2D eigenvalue weighted by atomic mass is 32.2. The molecule has 0 aliphatic carbocycles. The van der Waals surface area contributed by atoms with E-state index in [-0.39, 0.29) is 5.41 Å². The lowest BCUT2D eigenvalue weighted by atomic mass is 9.78. The van der Waals surface area contributed by atoms with Crippen LogP contribution >= 0.6 is 0 Å². The smallest absolute Gasteiger partial charge is 0.206 e. The van der Waals surface area contributed by atoms with Crippen molar-refractivity contribution in [1.29, 1.82) is 0 Å². The highest BCUT2D eigenvalue weighted by molar-refractivity contribution is 7.91. The van der Waals surface area contributed by atoms with Crippen molar-refractivity contribution in [3.8, 4) is 23.0 Å². The van der Waals surface area contributed by atoms with Crippen LogP contribution in [0.5, 0.6) is 23.0 Å². The van der Waals surface area contributed by atoms with E-state index in [0.29, 0.717) is 9.79 Å². The molecule has 0 saturated heterocycles. The Morgan fingerprint density at radius 2 is 0.604 bits per heavy atom. The molecule has 6 rings (SSSR count). The largest absolute Gasteiger partial charge is 0.457 e. The summed E-state index contributed by atoms with van der Waals surface area (Å²) in [6.45, 7) is 12.5. The van der Waals surface area contributed by atoms with Crippen LogP contribution in [0.4, 0.5) is 0 Å². The number of hydrogen-bond acceptors (Lipinski definition) is 4. The van der Waals surface area contributed by atoms with Crippen LogP contribution in [0.1, 0.15) is 47.2 Å². The second-order valence-electron chi connectivity index (χ2n) is 12.6. The van der Waals surface area contributed by atoms with Gasteiger partial charge in [-0.3, -0.25) is 0 Å². The van der Waals surface area contributed by atoms with Crippen LogP contribution in [0, 0.1) is 27.7 Å². The predicted molar refractivity (Wildman–Crippen MR) is 195 cm³/mol. The van der Waals surface area contributed by atoms with Gasteiger partial charge >= 0.3 is 0 Å². The molecule has 0 saturated carbocycles. The van der Waals surface area contributed by atoms with Gasteiger partial charge in [0.2, 0.25) is 9.84 Å². The molecule has 0 heterocycles. The number of benzene rings is 6. The summed E-state index contributed by atoms with van der Waals surface area (Å²) in [5.74, 6) is 3.37. The van der Waals surface area contributed by atoms with E-state index >= 15 is 0 Å². The van der Waals surface area contributed by atoms with E-state index in [2.05, 4.69) is 76.2 Å². The van der Waals surface area contributed by atoms with Crippen molar-refractivity contribution in [2.24, 2.45) is 0 Å². The molecule has 0 radical (unpaired) electrons. The van der Waals surface area contributed by atoms with E-state index < -0.39 is 9.84 Å². The average Bonchev–Trinajstić information content (AvgIpc) is 3.08. The molecule has 0 spiro atoms. The molecule has 0 fully saturated rings. The third kappa shape index (κ3) is 8.61. The Morgan fingerprint density at radius 1 is 0.375 bits per heavy atom. The number of ether oxygens (including phenoxy) is 2. The van der Waals surface area contributed by atoms with Crippen LogP contribution < -0.4 is 9.47 Å². The summed E-state index contributed by atoms with van der Waals surface area (Å²) < 4.78 is 36.5. The van der Waals surface area contributed by atoms with Gasteiger partial charge in [0, 0.05) is 5.41 Å². The molecule has 0 atom stereocenters. The Bertz CT molecular complexity index is 1880. The fourth-order valence-electron chi connectivity index (χ4n) is 5.10. The molecule has 0 amide bonds. The van der Waals surface area contributed by atoms with Gasteiger partial charge in [-0.15, -0.1) is 0 Å². The molecule has 4 nitrogen and oxygen atoms in total. The molecule has 244 valence electrons. The fraction of sp³-hybridized carbons (Fsp3) is 0.163. The first-order valence-electron chi connectivity index (χ1n) is 16.0.